The Balaban J connectivity index is 3.44. The molecule has 1 rings (SSSR count). The highest BCUT2D eigenvalue weighted by molar-refractivity contribution is 5.89. The number of carbonyl (C=O) groups is 1. The van der Waals surface area contributed by atoms with Gasteiger partial charge >= 0.3 is 12.1 Å². The maximum Gasteiger partial charge on any atom is 0.417 e. The summed E-state index contributed by atoms with van der Waals surface area (Å²) >= 11 is 0. The maximum atomic E-state index is 12.4. The van der Waals surface area contributed by atoms with Crippen molar-refractivity contribution in [2.45, 2.75) is 6.18 Å². The normalized spacial score (nSPS) is 10.8. The first-order chi connectivity index (χ1) is 6.86. The van der Waals surface area contributed by atoms with Gasteiger partial charge in [-0.3, -0.25) is 0 Å². The molecule has 1 aromatic rings. The lowest BCUT2D eigenvalue weighted by molar-refractivity contribution is -0.138. The maximum absolute atomic E-state index is 12.4. The molecule has 0 amide bonds. The first-order valence-corrected chi connectivity index (χ1v) is 3.77. The summed E-state index contributed by atoms with van der Waals surface area (Å²) in [5, 5.41) is 8.54. The predicted octanol–water partition coefficient (Wildman–Crippen LogP) is 2.38. The van der Waals surface area contributed by atoms with Crippen LogP contribution in [0.3, 0.4) is 0 Å². The van der Waals surface area contributed by atoms with E-state index in [1.165, 1.54) is 0 Å². The quantitative estimate of drug-likeness (QED) is 0.728. The predicted molar refractivity (Wildman–Crippen MR) is 46.3 cm³/mol. The molecule has 0 aliphatic heterocycles. The van der Waals surface area contributed by atoms with Gasteiger partial charge in [0.1, 0.15) is 0 Å². The van der Waals surface area contributed by atoms with Crippen LogP contribution in [0.25, 0.3) is 0 Å². The van der Waals surface area contributed by atoms with Gasteiger partial charge in [0.2, 0.25) is 0 Å². The zero-order valence-electron chi connectivity index (χ0n) is 7.30. The summed E-state index contributed by atoms with van der Waals surface area (Å²) < 4.78 is 37.2. The lowest BCUT2D eigenvalue weighted by Crippen LogP contribution is -2.13. The zero-order chi connectivity index (χ0) is 11.6. The van der Waals surface area contributed by atoms with Crippen LogP contribution in [0, 0.1) is 12.3 Å². The molecule has 0 unspecified atom stereocenters. The van der Waals surface area contributed by atoms with Gasteiger partial charge in [-0.2, -0.15) is 13.2 Å². The fraction of sp³-hybridized carbons (Fsp3) is 0.100. The minimum atomic E-state index is -4.72. The van der Waals surface area contributed by atoms with Crippen LogP contribution in [0.4, 0.5) is 13.2 Å². The number of halogens is 3. The van der Waals surface area contributed by atoms with Crippen molar-refractivity contribution in [2.24, 2.45) is 0 Å². The number of alkyl halides is 3. The molecule has 1 aromatic carbocycles. The Morgan fingerprint density at radius 1 is 1.40 bits per heavy atom. The highest BCUT2D eigenvalue weighted by Gasteiger charge is 2.35. The minimum Gasteiger partial charge on any atom is -0.478 e. The molecule has 0 bridgehead atoms. The van der Waals surface area contributed by atoms with Gasteiger partial charge in [0, 0.05) is 5.56 Å². The second kappa shape index (κ2) is 3.65. The van der Waals surface area contributed by atoms with E-state index in [1.54, 1.807) is 0 Å². The van der Waals surface area contributed by atoms with E-state index in [0.717, 1.165) is 12.1 Å². The summed E-state index contributed by atoms with van der Waals surface area (Å²) in [5.74, 6) is 0.379. The van der Waals surface area contributed by atoms with Gasteiger partial charge in [0.15, 0.2) is 0 Å². The van der Waals surface area contributed by atoms with E-state index in [9.17, 15) is 18.0 Å². The molecule has 0 saturated heterocycles. The van der Waals surface area contributed by atoms with Crippen molar-refractivity contribution in [3.05, 3.63) is 34.9 Å². The number of hydrogen-bond acceptors (Lipinski definition) is 1. The summed E-state index contributed by atoms with van der Waals surface area (Å²) in [6, 6.07) is 2.64. The highest BCUT2D eigenvalue weighted by Crippen LogP contribution is 2.32. The topological polar surface area (TPSA) is 37.3 Å². The molecule has 0 fully saturated rings. The van der Waals surface area contributed by atoms with Crippen molar-refractivity contribution in [3.63, 3.8) is 0 Å². The first kappa shape index (κ1) is 11.1. The summed E-state index contributed by atoms with van der Waals surface area (Å²) in [4.78, 5) is 10.5. The lowest BCUT2D eigenvalue weighted by Gasteiger charge is -2.10. The van der Waals surface area contributed by atoms with Gasteiger partial charge in [-0.15, -0.1) is 6.42 Å². The number of terminal acetylenes is 1. The number of hydrogen-bond donors (Lipinski definition) is 1. The molecular weight excluding hydrogens is 209 g/mol. The molecule has 78 valence electrons. The Morgan fingerprint density at radius 3 is 2.40 bits per heavy atom. The van der Waals surface area contributed by atoms with Crippen LogP contribution in [0.5, 0.6) is 0 Å². The lowest BCUT2D eigenvalue weighted by atomic mass is 10.0. The van der Waals surface area contributed by atoms with E-state index in [1.807, 2.05) is 5.92 Å². The Labute approximate surface area is 83.3 Å². The number of carboxylic acid groups (broad SMARTS) is 1. The van der Waals surface area contributed by atoms with Gasteiger partial charge in [-0.25, -0.2) is 4.79 Å². The fourth-order valence-corrected chi connectivity index (χ4v) is 1.06. The zero-order valence-corrected chi connectivity index (χ0v) is 7.30. The molecule has 0 spiro atoms. The third kappa shape index (κ3) is 2.29. The third-order valence-corrected chi connectivity index (χ3v) is 1.72. The molecule has 5 heteroatoms. The second-order valence-corrected chi connectivity index (χ2v) is 2.71. The van der Waals surface area contributed by atoms with Crippen LogP contribution < -0.4 is 0 Å². The second-order valence-electron chi connectivity index (χ2n) is 2.71. The molecule has 0 aromatic heterocycles. The number of carboxylic acids is 1. The smallest absolute Gasteiger partial charge is 0.417 e. The molecule has 2 nitrogen and oxygen atoms in total. The van der Waals surface area contributed by atoms with Crippen molar-refractivity contribution in [2.75, 3.05) is 0 Å². The largest absolute Gasteiger partial charge is 0.478 e. The first-order valence-electron chi connectivity index (χ1n) is 3.77. The molecule has 1 N–H and O–H groups in total. The van der Waals surface area contributed by atoms with E-state index in [2.05, 4.69) is 0 Å². The monoisotopic (exact) mass is 214 g/mol. The summed E-state index contributed by atoms with van der Waals surface area (Å²) in [5.41, 5.74) is -2.04. The van der Waals surface area contributed by atoms with Crippen LogP contribution in [0.2, 0.25) is 0 Å². The van der Waals surface area contributed by atoms with E-state index in [-0.39, 0.29) is 5.56 Å². The van der Waals surface area contributed by atoms with Crippen molar-refractivity contribution in [3.8, 4) is 12.3 Å². The summed E-state index contributed by atoms with van der Waals surface area (Å²) in [6.07, 6.45) is 0.202. The number of rotatable bonds is 1. The van der Waals surface area contributed by atoms with Crippen LogP contribution in [0.15, 0.2) is 18.2 Å². The Kier molecular flexibility index (Phi) is 2.71. The highest BCUT2D eigenvalue weighted by atomic mass is 19.4. The molecule has 15 heavy (non-hydrogen) atoms. The van der Waals surface area contributed by atoms with Gasteiger partial charge in [0.25, 0.3) is 0 Å². The molecule has 0 atom stereocenters. The van der Waals surface area contributed by atoms with Gasteiger partial charge < -0.3 is 5.11 Å². The Hall–Kier alpha value is -1.96. The minimum absolute atomic E-state index is 0.00711. The van der Waals surface area contributed by atoms with Gasteiger partial charge in [-0.05, 0) is 18.2 Å². The van der Waals surface area contributed by atoms with Crippen molar-refractivity contribution in [1.29, 1.82) is 0 Å². The number of aromatic carboxylic acids is 1. The third-order valence-electron chi connectivity index (χ3n) is 1.72. The van der Waals surface area contributed by atoms with E-state index in [4.69, 9.17) is 11.5 Å². The van der Waals surface area contributed by atoms with Crippen LogP contribution in [0.1, 0.15) is 21.5 Å². The van der Waals surface area contributed by atoms with Gasteiger partial charge in [-0.1, -0.05) is 5.92 Å². The van der Waals surface area contributed by atoms with E-state index in [0.29, 0.717) is 6.07 Å². The van der Waals surface area contributed by atoms with Crippen molar-refractivity contribution >= 4 is 5.97 Å². The van der Waals surface area contributed by atoms with Crippen molar-refractivity contribution in [1.82, 2.24) is 0 Å². The Bertz CT molecular complexity index is 441. The van der Waals surface area contributed by atoms with Crippen molar-refractivity contribution < 1.29 is 23.1 Å². The number of benzene rings is 1. The summed E-state index contributed by atoms with van der Waals surface area (Å²) in [6.45, 7) is 0. The van der Waals surface area contributed by atoms with Crippen LogP contribution in [-0.2, 0) is 6.18 Å². The SMILES string of the molecule is C#Cc1ccc(C(=O)O)c(C(F)(F)F)c1. The van der Waals surface area contributed by atoms with Crippen LogP contribution >= 0.6 is 0 Å². The molecule has 0 aliphatic rings. The average molecular weight is 214 g/mol. The van der Waals surface area contributed by atoms with Gasteiger partial charge in [0.05, 0.1) is 11.1 Å². The van der Waals surface area contributed by atoms with Crippen LogP contribution in [-0.4, -0.2) is 11.1 Å². The molecular formula is C10H5F3O2. The summed E-state index contributed by atoms with van der Waals surface area (Å²) in [7, 11) is 0. The molecule has 0 heterocycles. The Morgan fingerprint density at radius 2 is 2.00 bits per heavy atom. The van der Waals surface area contributed by atoms with E-state index < -0.39 is 23.3 Å². The molecule has 0 aliphatic carbocycles. The fourth-order valence-electron chi connectivity index (χ4n) is 1.06. The molecule has 0 radical (unpaired) electrons. The standard InChI is InChI=1S/C10H5F3O2/c1-2-6-3-4-7(9(14)15)8(5-6)10(11,12)13/h1,3-5H,(H,14,15). The van der Waals surface area contributed by atoms with E-state index >= 15 is 0 Å². The molecule has 0 saturated carbocycles. The average Bonchev–Trinajstić information content (AvgIpc) is 2.15.